The molecular formula is C13H19N3O2. The highest BCUT2D eigenvalue weighted by molar-refractivity contribution is 5.89. The normalized spacial score (nSPS) is 18.4. The van der Waals surface area contributed by atoms with Crippen molar-refractivity contribution in [3.63, 3.8) is 0 Å². The van der Waals surface area contributed by atoms with Gasteiger partial charge in [-0.25, -0.2) is 4.79 Å². The Morgan fingerprint density at radius 2 is 2.06 bits per heavy atom. The Hall–Kier alpha value is -1.75. The first-order chi connectivity index (χ1) is 8.65. The van der Waals surface area contributed by atoms with Crippen LogP contribution in [0.2, 0.25) is 0 Å². The number of hydrogen-bond donors (Lipinski definition) is 2. The Morgan fingerprint density at radius 3 is 2.61 bits per heavy atom. The van der Waals surface area contributed by atoms with Gasteiger partial charge in [-0.2, -0.15) is 0 Å². The lowest BCUT2D eigenvalue weighted by atomic mass is 10.2. The van der Waals surface area contributed by atoms with E-state index in [9.17, 15) is 4.79 Å². The summed E-state index contributed by atoms with van der Waals surface area (Å²) in [6.45, 7) is 0.725. The molecule has 1 aromatic rings. The van der Waals surface area contributed by atoms with E-state index in [4.69, 9.17) is 4.74 Å². The van der Waals surface area contributed by atoms with Gasteiger partial charge in [-0.15, -0.1) is 0 Å². The molecule has 0 aromatic heterocycles. The third-order valence-electron chi connectivity index (χ3n) is 2.86. The highest BCUT2D eigenvalue weighted by atomic mass is 16.5. The van der Waals surface area contributed by atoms with Crippen molar-refractivity contribution in [2.45, 2.75) is 19.1 Å². The summed E-state index contributed by atoms with van der Waals surface area (Å²) in [4.78, 5) is 13.7. The third-order valence-corrected chi connectivity index (χ3v) is 2.86. The largest absolute Gasteiger partial charge is 0.378 e. The van der Waals surface area contributed by atoms with Crippen LogP contribution in [-0.4, -0.2) is 33.0 Å². The Kier molecular flexibility index (Phi) is 4.04. The van der Waals surface area contributed by atoms with Gasteiger partial charge in [-0.3, -0.25) is 0 Å². The minimum atomic E-state index is -0.223. The Morgan fingerprint density at radius 1 is 1.33 bits per heavy atom. The molecule has 0 saturated carbocycles. The second-order valence-electron chi connectivity index (χ2n) is 4.54. The van der Waals surface area contributed by atoms with Crippen molar-refractivity contribution < 1.29 is 9.53 Å². The lowest BCUT2D eigenvalue weighted by Crippen LogP contribution is -2.37. The van der Waals surface area contributed by atoms with Crippen molar-refractivity contribution in [3.05, 3.63) is 24.3 Å². The van der Waals surface area contributed by atoms with E-state index in [1.807, 2.05) is 43.3 Å². The summed E-state index contributed by atoms with van der Waals surface area (Å²) in [7, 11) is 3.96. The van der Waals surface area contributed by atoms with E-state index in [0.717, 1.165) is 30.8 Å². The predicted octanol–water partition coefficient (Wildman–Crippen LogP) is 2.01. The van der Waals surface area contributed by atoms with Crippen molar-refractivity contribution in [1.29, 1.82) is 0 Å². The molecule has 2 amide bonds. The van der Waals surface area contributed by atoms with Gasteiger partial charge in [-0.05, 0) is 37.1 Å². The molecule has 1 aromatic carbocycles. The molecule has 1 unspecified atom stereocenters. The van der Waals surface area contributed by atoms with E-state index in [2.05, 4.69) is 10.6 Å². The van der Waals surface area contributed by atoms with Crippen LogP contribution in [0.3, 0.4) is 0 Å². The van der Waals surface area contributed by atoms with Crippen LogP contribution in [0.1, 0.15) is 12.8 Å². The SMILES string of the molecule is CN(C)c1ccc(NC(=O)NC2CCCO2)cc1. The van der Waals surface area contributed by atoms with Gasteiger partial charge in [-0.1, -0.05) is 0 Å². The molecule has 5 nitrogen and oxygen atoms in total. The van der Waals surface area contributed by atoms with Crippen molar-refractivity contribution in [1.82, 2.24) is 5.32 Å². The molecule has 0 bridgehead atoms. The molecule has 1 aliphatic heterocycles. The molecule has 1 aliphatic rings. The van der Waals surface area contributed by atoms with Crippen LogP contribution in [-0.2, 0) is 4.74 Å². The molecule has 2 N–H and O–H groups in total. The number of nitrogens with zero attached hydrogens (tertiary/aromatic N) is 1. The van der Waals surface area contributed by atoms with E-state index >= 15 is 0 Å². The second kappa shape index (κ2) is 5.73. The molecule has 1 saturated heterocycles. The summed E-state index contributed by atoms with van der Waals surface area (Å²) in [5.74, 6) is 0. The van der Waals surface area contributed by atoms with Gasteiger partial charge in [0.2, 0.25) is 0 Å². The van der Waals surface area contributed by atoms with Crippen LogP contribution in [0, 0.1) is 0 Å². The van der Waals surface area contributed by atoms with Gasteiger partial charge in [0.05, 0.1) is 0 Å². The van der Waals surface area contributed by atoms with E-state index in [0.29, 0.717) is 0 Å². The fourth-order valence-electron chi connectivity index (χ4n) is 1.85. The Labute approximate surface area is 107 Å². The molecule has 2 rings (SSSR count). The summed E-state index contributed by atoms with van der Waals surface area (Å²) < 4.78 is 5.33. The molecule has 0 radical (unpaired) electrons. The van der Waals surface area contributed by atoms with Crippen molar-refractivity contribution in [2.24, 2.45) is 0 Å². The summed E-state index contributed by atoms with van der Waals surface area (Å²) in [5.41, 5.74) is 1.87. The maximum atomic E-state index is 11.7. The van der Waals surface area contributed by atoms with E-state index in [1.54, 1.807) is 0 Å². The zero-order valence-electron chi connectivity index (χ0n) is 10.8. The number of carbonyl (C=O) groups is 1. The first kappa shape index (κ1) is 12.7. The number of ether oxygens (including phenoxy) is 1. The quantitative estimate of drug-likeness (QED) is 0.861. The van der Waals surface area contributed by atoms with Crippen molar-refractivity contribution in [2.75, 3.05) is 30.9 Å². The molecule has 18 heavy (non-hydrogen) atoms. The standard InChI is InChI=1S/C13H19N3O2/c1-16(2)11-7-5-10(6-8-11)14-13(17)15-12-4-3-9-18-12/h5-8,12H,3-4,9H2,1-2H3,(H2,14,15,17). The first-order valence-corrected chi connectivity index (χ1v) is 6.11. The number of benzene rings is 1. The van der Waals surface area contributed by atoms with Crippen LogP contribution in [0.5, 0.6) is 0 Å². The zero-order valence-corrected chi connectivity index (χ0v) is 10.8. The van der Waals surface area contributed by atoms with Crippen LogP contribution in [0.15, 0.2) is 24.3 Å². The molecule has 0 spiro atoms. The maximum absolute atomic E-state index is 11.7. The number of anilines is 2. The fraction of sp³-hybridized carbons (Fsp3) is 0.462. The van der Waals surface area contributed by atoms with Crippen LogP contribution >= 0.6 is 0 Å². The van der Waals surface area contributed by atoms with Gasteiger partial charge >= 0.3 is 6.03 Å². The zero-order chi connectivity index (χ0) is 13.0. The fourth-order valence-corrected chi connectivity index (χ4v) is 1.85. The summed E-state index contributed by atoms with van der Waals surface area (Å²) in [6.07, 6.45) is 1.74. The first-order valence-electron chi connectivity index (χ1n) is 6.11. The van der Waals surface area contributed by atoms with E-state index in [-0.39, 0.29) is 12.3 Å². The minimum Gasteiger partial charge on any atom is -0.378 e. The van der Waals surface area contributed by atoms with Gasteiger partial charge in [0.25, 0.3) is 0 Å². The predicted molar refractivity (Wildman–Crippen MR) is 71.9 cm³/mol. The number of nitrogens with one attached hydrogen (secondary N) is 2. The number of hydrogen-bond acceptors (Lipinski definition) is 3. The molecule has 5 heteroatoms. The smallest absolute Gasteiger partial charge is 0.321 e. The van der Waals surface area contributed by atoms with Crippen LogP contribution < -0.4 is 15.5 Å². The lowest BCUT2D eigenvalue weighted by molar-refractivity contribution is 0.0928. The van der Waals surface area contributed by atoms with Crippen molar-refractivity contribution >= 4 is 17.4 Å². The molecule has 98 valence electrons. The summed E-state index contributed by atoms with van der Waals surface area (Å²) in [6, 6.07) is 7.46. The number of rotatable bonds is 3. The van der Waals surface area contributed by atoms with Gasteiger partial charge in [0, 0.05) is 32.1 Å². The molecule has 1 atom stereocenters. The van der Waals surface area contributed by atoms with E-state index in [1.165, 1.54) is 0 Å². The summed E-state index contributed by atoms with van der Waals surface area (Å²) in [5, 5.41) is 5.57. The Balaban J connectivity index is 1.86. The maximum Gasteiger partial charge on any atom is 0.321 e. The van der Waals surface area contributed by atoms with Crippen LogP contribution in [0.25, 0.3) is 0 Å². The number of amides is 2. The topological polar surface area (TPSA) is 53.6 Å². The molecule has 1 fully saturated rings. The number of carbonyl (C=O) groups excluding carboxylic acids is 1. The number of urea groups is 1. The van der Waals surface area contributed by atoms with Gasteiger partial charge in [0.1, 0.15) is 6.23 Å². The van der Waals surface area contributed by atoms with Gasteiger partial charge < -0.3 is 20.3 Å². The summed E-state index contributed by atoms with van der Waals surface area (Å²) >= 11 is 0. The second-order valence-corrected chi connectivity index (χ2v) is 4.54. The molecular weight excluding hydrogens is 230 g/mol. The average molecular weight is 249 g/mol. The van der Waals surface area contributed by atoms with Gasteiger partial charge in [0.15, 0.2) is 0 Å². The lowest BCUT2D eigenvalue weighted by Gasteiger charge is -2.15. The Bertz CT molecular complexity index is 397. The third kappa shape index (κ3) is 3.37. The highest BCUT2D eigenvalue weighted by Gasteiger charge is 2.17. The average Bonchev–Trinajstić information content (AvgIpc) is 2.82. The molecule has 1 heterocycles. The van der Waals surface area contributed by atoms with Crippen molar-refractivity contribution in [3.8, 4) is 0 Å². The van der Waals surface area contributed by atoms with Crippen LogP contribution in [0.4, 0.5) is 16.2 Å². The minimum absolute atomic E-state index is 0.147. The van der Waals surface area contributed by atoms with E-state index < -0.39 is 0 Å². The monoisotopic (exact) mass is 249 g/mol. The highest BCUT2D eigenvalue weighted by Crippen LogP contribution is 2.15. The molecule has 0 aliphatic carbocycles.